The molecule has 0 aliphatic heterocycles. The number of rotatable bonds is 3. The number of nitrogens with zero attached hydrogens (tertiary/aromatic N) is 1. The van der Waals surface area contributed by atoms with Gasteiger partial charge >= 0.3 is 6.09 Å². The van der Waals surface area contributed by atoms with E-state index in [-0.39, 0.29) is 0 Å². The molecule has 0 aromatic heterocycles. The molecule has 4 nitrogen and oxygen atoms in total. The summed E-state index contributed by atoms with van der Waals surface area (Å²) in [5, 5.41) is 3.90. The second-order valence-electron chi connectivity index (χ2n) is 3.38. The Bertz CT molecular complexity index is 423. The molecule has 1 N–H and O–H groups in total. The van der Waals surface area contributed by atoms with Crippen LogP contribution in [0, 0.1) is 0 Å². The lowest BCUT2D eigenvalue weighted by Gasteiger charge is -2.21. The molecule has 0 heterocycles. The van der Waals surface area contributed by atoms with Gasteiger partial charge in [-0.15, -0.1) is 0 Å². The van der Waals surface area contributed by atoms with Gasteiger partial charge in [-0.3, -0.25) is 4.90 Å². The minimum absolute atomic E-state index is 0.304. The predicted octanol–water partition coefficient (Wildman–Crippen LogP) is 3.52. The minimum Gasteiger partial charge on any atom is -0.449 e. The van der Waals surface area contributed by atoms with Crippen LogP contribution in [0.1, 0.15) is 13.8 Å². The lowest BCUT2D eigenvalue weighted by Crippen LogP contribution is -2.39. The summed E-state index contributed by atoms with van der Waals surface area (Å²) in [5.74, 6) is 0. The van der Waals surface area contributed by atoms with Crippen LogP contribution in [0.5, 0.6) is 0 Å². The number of ether oxygens (including phenoxy) is 1. The van der Waals surface area contributed by atoms with Gasteiger partial charge in [-0.2, -0.15) is 0 Å². The zero-order valence-electron chi connectivity index (χ0n) is 10.3. The SMILES string of the molecule is CCOC(=O)N(CC)C(=S)Nc1ccc(Cl)cc1. The Labute approximate surface area is 117 Å². The van der Waals surface area contributed by atoms with Gasteiger partial charge in [-0.25, -0.2) is 4.79 Å². The fraction of sp³-hybridized carbons (Fsp3) is 0.333. The summed E-state index contributed by atoms with van der Waals surface area (Å²) in [7, 11) is 0. The summed E-state index contributed by atoms with van der Waals surface area (Å²) >= 11 is 10.9. The van der Waals surface area contributed by atoms with Crippen molar-refractivity contribution in [3.63, 3.8) is 0 Å². The Balaban J connectivity index is 2.67. The predicted molar refractivity (Wildman–Crippen MR) is 77.1 cm³/mol. The first-order valence-electron chi connectivity index (χ1n) is 5.59. The Hall–Kier alpha value is -1.33. The number of amides is 1. The maximum Gasteiger partial charge on any atom is 0.416 e. The van der Waals surface area contributed by atoms with Crippen LogP contribution in [-0.4, -0.2) is 29.3 Å². The van der Waals surface area contributed by atoms with Crippen LogP contribution >= 0.6 is 23.8 Å². The molecule has 18 heavy (non-hydrogen) atoms. The topological polar surface area (TPSA) is 41.6 Å². The number of anilines is 1. The molecule has 0 aliphatic carbocycles. The Kier molecular flexibility index (Phi) is 5.88. The molecule has 0 bridgehead atoms. The maximum atomic E-state index is 11.6. The maximum absolute atomic E-state index is 11.6. The van der Waals surface area contributed by atoms with Gasteiger partial charge in [-0.05, 0) is 50.3 Å². The van der Waals surface area contributed by atoms with Gasteiger partial charge in [0.1, 0.15) is 0 Å². The van der Waals surface area contributed by atoms with Crippen LogP contribution in [0.2, 0.25) is 5.02 Å². The quantitative estimate of drug-likeness (QED) is 0.863. The zero-order valence-corrected chi connectivity index (χ0v) is 11.8. The summed E-state index contributed by atoms with van der Waals surface area (Å²) in [6.07, 6.45) is -0.452. The molecule has 0 aliphatic rings. The van der Waals surface area contributed by atoms with E-state index in [4.69, 9.17) is 28.6 Å². The summed E-state index contributed by atoms with van der Waals surface area (Å²) in [6, 6.07) is 7.06. The van der Waals surface area contributed by atoms with Crippen LogP contribution in [0.3, 0.4) is 0 Å². The van der Waals surface area contributed by atoms with Gasteiger partial charge in [0.15, 0.2) is 5.11 Å². The van der Waals surface area contributed by atoms with E-state index in [0.717, 1.165) is 5.69 Å². The van der Waals surface area contributed by atoms with Crippen molar-refractivity contribution in [2.24, 2.45) is 0 Å². The number of nitrogens with one attached hydrogen (secondary N) is 1. The standard InChI is InChI=1S/C12H15ClN2O2S/c1-3-15(12(16)17-4-2)11(18)14-10-7-5-9(13)6-8-10/h5-8H,3-4H2,1-2H3,(H,14,18). The van der Waals surface area contributed by atoms with E-state index in [1.807, 2.05) is 6.92 Å². The number of hydrogen-bond donors (Lipinski definition) is 1. The number of halogens is 1. The first kappa shape index (κ1) is 14.7. The van der Waals surface area contributed by atoms with E-state index >= 15 is 0 Å². The molecule has 0 unspecified atom stereocenters. The van der Waals surface area contributed by atoms with Gasteiger partial charge in [0.05, 0.1) is 6.61 Å². The summed E-state index contributed by atoms with van der Waals surface area (Å²) in [5.41, 5.74) is 0.771. The molecular formula is C12H15ClN2O2S. The molecule has 1 aromatic rings. The molecule has 1 amide bonds. The van der Waals surface area contributed by atoms with Crippen molar-refractivity contribution in [2.45, 2.75) is 13.8 Å². The lowest BCUT2D eigenvalue weighted by molar-refractivity contribution is 0.130. The Morgan fingerprint density at radius 1 is 1.39 bits per heavy atom. The molecule has 98 valence electrons. The monoisotopic (exact) mass is 286 g/mol. The van der Waals surface area contributed by atoms with Crippen molar-refractivity contribution < 1.29 is 9.53 Å². The smallest absolute Gasteiger partial charge is 0.416 e. The van der Waals surface area contributed by atoms with Gasteiger partial charge in [-0.1, -0.05) is 11.6 Å². The van der Waals surface area contributed by atoms with Crippen molar-refractivity contribution in [2.75, 3.05) is 18.5 Å². The van der Waals surface area contributed by atoms with Crippen molar-refractivity contribution in [1.29, 1.82) is 0 Å². The van der Waals surface area contributed by atoms with Crippen molar-refractivity contribution >= 4 is 40.7 Å². The molecular weight excluding hydrogens is 272 g/mol. The minimum atomic E-state index is -0.452. The van der Waals surface area contributed by atoms with E-state index in [1.165, 1.54) is 4.90 Å². The normalized spacial score (nSPS) is 9.72. The third-order valence-electron chi connectivity index (χ3n) is 2.15. The molecule has 6 heteroatoms. The van der Waals surface area contributed by atoms with Crippen molar-refractivity contribution in [3.05, 3.63) is 29.3 Å². The molecule has 0 atom stereocenters. The Morgan fingerprint density at radius 2 is 2.00 bits per heavy atom. The fourth-order valence-corrected chi connectivity index (χ4v) is 1.73. The average molecular weight is 287 g/mol. The third-order valence-corrected chi connectivity index (χ3v) is 2.72. The Morgan fingerprint density at radius 3 is 2.50 bits per heavy atom. The third kappa shape index (κ3) is 4.16. The summed E-state index contributed by atoms with van der Waals surface area (Å²) < 4.78 is 4.91. The highest BCUT2D eigenvalue weighted by Gasteiger charge is 2.17. The van der Waals surface area contributed by atoms with E-state index < -0.39 is 6.09 Å². The highest BCUT2D eigenvalue weighted by atomic mass is 35.5. The van der Waals surface area contributed by atoms with Crippen LogP contribution < -0.4 is 5.32 Å². The van der Waals surface area contributed by atoms with Crippen molar-refractivity contribution in [3.8, 4) is 0 Å². The van der Waals surface area contributed by atoms with Gasteiger partial charge in [0.25, 0.3) is 0 Å². The van der Waals surface area contributed by atoms with E-state index in [9.17, 15) is 4.79 Å². The molecule has 0 saturated heterocycles. The summed E-state index contributed by atoms with van der Waals surface area (Å²) in [4.78, 5) is 13.0. The van der Waals surface area contributed by atoms with E-state index in [1.54, 1.807) is 31.2 Å². The van der Waals surface area contributed by atoms with Crippen LogP contribution in [0.25, 0.3) is 0 Å². The zero-order chi connectivity index (χ0) is 13.5. The van der Waals surface area contributed by atoms with Gasteiger partial charge < -0.3 is 10.1 Å². The van der Waals surface area contributed by atoms with Gasteiger partial charge in [0, 0.05) is 17.3 Å². The largest absolute Gasteiger partial charge is 0.449 e. The summed E-state index contributed by atoms with van der Waals surface area (Å²) in [6.45, 7) is 4.34. The van der Waals surface area contributed by atoms with Gasteiger partial charge in [0.2, 0.25) is 0 Å². The number of hydrogen-bond acceptors (Lipinski definition) is 3. The lowest BCUT2D eigenvalue weighted by atomic mass is 10.3. The van der Waals surface area contributed by atoms with Crippen LogP contribution in [-0.2, 0) is 4.74 Å². The molecule has 1 aromatic carbocycles. The van der Waals surface area contributed by atoms with Crippen LogP contribution in [0.4, 0.5) is 10.5 Å². The number of carbonyl (C=O) groups excluding carboxylic acids is 1. The second-order valence-corrected chi connectivity index (χ2v) is 4.20. The molecule has 1 rings (SSSR count). The van der Waals surface area contributed by atoms with Crippen molar-refractivity contribution in [1.82, 2.24) is 4.90 Å². The molecule has 0 spiro atoms. The van der Waals surface area contributed by atoms with Crippen LogP contribution in [0.15, 0.2) is 24.3 Å². The molecule has 0 saturated carbocycles. The molecule has 0 fully saturated rings. The number of carbonyl (C=O) groups is 1. The average Bonchev–Trinajstić information content (AvgIpc) is 2.33. The molecule has 0 radical (unpaired) electrons. The highest BCUT2D eigenvalue weighted by Crippen LogP contribution is 2.14. The first-order valence-corrected chi connectivity index (χ1v) is 6.38. The van der Waals surface area contributed by atoms with E-state index in [0.29, 0.717) is 23.3 Å². The number of benzene rings is 1. The fourth-order valence-electron chi connectivity index (χ4n) is 1.28. The number of thiocarbonyl (C=S) groups is 1. The first-order chi connectivity index (χ1) is 8.58. The second kappa shape index (κ2) is 7.18. The highest BCUT2D eigenvalue weighted by molar-refractivity contribution is 7.80. The van der Waals surface area contributed by atoms with E-state index in [2.05, 4.69) is 5.32 Å².